The number of rotatable bonds is 3. The van der Waals surface area contributed by atoms with Crippen molar-refractivity contribution in [2.75, 3.05) is 6.54 Å². The molecule has 0 saturated carbocycles. The molecule has 0 aliphatic rings. The first-order valence-corrected chi connectivity index (χ1v) is 4.48. The fourth-order valence-electron chi connectivity index (χ4n) is 0.943. The molecule has 0 aliphatic carbocycles. The average molecular weight is 179 g/mol. The summed E-state index contributed by atoms with van der Waals surface area (Å²) in [7, 11) is 0. The Labute approximate surface area is 79.4 Å². The third-order valence-electron chi connectivity index (χ3n) is 2.48. The molecule has 1 heterocycles. The Morgan fingerprint density at radius 3 is 2.77 bits per heavy atom. The van der Waals surface area contributed by atoms with Gasteiger partial charge >= 0.3 is 0 Å². The smallest absolute Gasteiger partial charge is 0.126 e. The molecular weight excluding hydrogens is 162 g/mol. The van der Waals surface area contributed by atoms with Gasteiger partial charge in [0.15, 0.2) is 0 Å². The summed E-state index contributed by atoms with van der Waals surface area (Å²) in [5.41, 5.74) is 6.95. The fraction of sp³-hybridized carbons (Fsp3) is 0.455. The zero-order valence-corrected chi connectivity index (χ0v) is 8.50. The van der Waals surface area contributed by atoms with Crippen molar-refractivity contribution in [2.24, 2.45) is 11.1 Å². The van der Waals surface area contributed by atoms with Crippen LogP contribution in [0.15, 0.2) is 28.4 Å². The quantitative estimate of drug-likeness (QED) is 0.774. The first kappa shape index (κ1) is 10.1. The van der Waals surface area contributed by atoms with Crippen molar-refractivity contribution in [1.82, 2.24) is 0 Å². The van der Waals surface area contributed by atoms with E-state index in [0.29, 0.717) is 6.54 Å². The standard InChI is InChI=1S/C11H17NO/c1-9(11(2,3)8-12)7-10-5-4-6-13-10/h4-7H,8,12H2,1-3H3/b9-7+. The van der Waals surface area contributed by atoms with Gasteiger partial charge in [0.05, 0.1) is 6.26 Å². The van der Waals surface area contributed by atoms with Gasteiger partial charge in [-0.3, -0.25) is 0 Å². The van der Waals surface area contributed by atoms with Gasteiger partial charge in [-0.15, -0.1) is 0 Å². The molecule has 0 amide bonds. The minimum Gasteiger partial charge on any atom is -0.465 e. The second-order valence-electron chi connectivity index (χ2n) is 3.93. The molecule has 0 bridgehead atoms. The maximum Gasteiger partial charge on any atom is 0.126 e. The SMILES string of the molecule is C/C(=C\c1ccco1)C(C)(C)CN. The molecule has 0 spiro atoms. The summed E-state index contributed by atoms with van der Waals surface area (Å²) in [4.78, 5) is 0. The molecule has 1 aromatic heterocycles. The van der Waals surface area contributed by atoms with E-state index in [1.807, 2.05) is 18.2 Å². The van der Waals surface area contributed by atoms with Crippen LogP contribution in [0.3, 0.4) is 0 Å². The highest BCUT2D eigenvalue weighted by Crippen LogP contribution is 2.26. The third kappa shape index (κ3) is 2.46. The van der Waals surface area contributed by atoms with Gasteiger partial charge in [0, 0.05) is 6.54 Å². The van der Waals surface area contributed by atoms with Crippen molar-refractivity contribution in [3.8, 4) is 0 Å². The molecule has 2 N–H and O–H groups in total. The van der Waals surface area contributed by atoms with Crippen LogP contribution in [0.5, 0.6) is 0 Å². The van der Waals surface area contributed by atoms with Crippen molar-refractivity contribution < 1.29 is 4.42 Å². The summed E-state index contributed by atoms with van der Waals surface area (Å²) in [6.45, 7) is 6.98. The second-order valence-corrected chi connectivity index (χ2v) is 3.93. The van der Waals surface area contributed by atoms with Crippen molar-refractivity contribution in [2.45, 2.75) is 20.8 Å². The molecule has 13 heavy (non-hydrogen) atoms. The van der Waals surface area contributed by atoms with E-state index in [-0.39, 0.29) is 5.41 Å². The molecule has 0 aromatic carbocycles. The summed E-state index contributed by atoms with van der Waals surface area (Å²) in [6, 6.07) is 3.82. The van der Waals surface area contributed by atoms with Gasteiger partial charge < -0.3 is 10.2 Å². The van der Waals surface area contributed by atoms with Crippen molar-refractivity contribution >= 4 is 6.08 Å². The van der Waals surface area contributed by atoms with Gasteiger partial charge in [-0.1, -0.05) is 19.4 Å². The highest BCUT2D eigenvalue weighted by Gasteiger charge is 2.17. The van der Waals surface area contributed by atoms with Gasteiger partial charge in [-0.05, 0) is 30.5 Å². The Hall–Kier alpha value is -1.02. The zero-order valence-electron chi connectivity index (χ0n) is 8.50. The number of hydrogen-bond donors (Lipinski definition) is 1. The molecule has 0 radical (unpaired) electrons. The van der Waals surface area contributed by atoms with Crippen LogP contribution in [-0.2, 0) is 0 Å². The molecule has 2 nitrogen and oxygen atoms in total. The van der Waals surface area contributed by atoms with Crippen LogP contribution < -0.4 is 5.73 Å². The van der Waals surface area contributed by atoms with E-state index in [1.54, 1.807) is 6.26 Å². The second kappa shape index (κ2) is 3.79. The van der Waals surface area contributed by atoms with Crippen molar-refractivity contribution in [3.05, 3.63) is 29.7 Å². The van der Waals surface area contributed by atoms with Crippen LogP contribution in [0.2, 0.25) is 0 Å². The Balaban J connectivity index is 2.84. The van der Waals surface area contributed by atoms with Crippen LogP contribution in [0.1, 0.15) is 26.5 Å². The molecule has 2 heteroatoms. The molecule has 72 valence electrons. The van der Waals surface area contributed by atoms with E-state index in [4.69, 9.17) is 10.2 Å². The molecule has 0 saturated heterocycles. The predicted octanol–water partition coefficient (Wildman–Crippen LogP) is 2.67. The number of furan rings is 1. The topological polar surface area (TPSA) is 39.2 Å². The van der Waals surface area contributed by atoms with Crippen molar-refractivity contribution in [3.63, 3.8) is 0 Å². The van der Waals surface area contributed by atoms with E-state index in [0.717, 1.165) is 5.76 Å². The highest BCUT2D eigenvalue weighted by molar-refractivity contribution is 5.48. The lowest BCUT2D eigenvalue weighted by Crippen LogP contribution is -2.24. The summed E-state index contributed by atoms with van der Waals surface area (Å²) in [5.74, 6) is 0.888. The fourth-order valence-corrected chi connectivity index (χ4v) is 0.943. The lowest BCUT2D eigenvalue weighted by atomic mass is 9.85. The van der Waals surface area contributed by atoms with Crippen LogP contribution in [-0.4, -0.2) is 6.54 Å². The lowest BCUT2D eigenvalue weighted by molar-refractivity contribution is 0.461. The molecule has 0 unspecified atom stereocenters. The molecule has 1 aromatic rings. The van der Waals surface area contributed by atoms with Gasteiger partial charge in [0.1, 0.15) is 5.76 Å². The largest absolute Gasteiger partial charge is 0.465 e. The Morgan fingerprint density at radius 1 is 1.62 bits per heavy atom. The van der Waals surface area contributed by atoms with Crippen LogP contribution >= 0.6 is 0 Å². The monoisotopic (exact) mass is 179 g/mol. The van der Waals surface area contributed by atoms with Crippen LogP contribution in [0.25, 0.3) is 6.08 Å². The average Bonchev–Trinajstić information content (AvgIpc) is 2.57. The van der Waals surface area contributed by atoms with Gasteiger partial charge in [-0.2, -0.15) is 0 Å². The van der Waals surface area contributed by atoms with E-state index >= 15 is 0 Å². The number of nitrogens with two attached hydrogens (primary N) is 1. The molecule has 1 rings (SSSR count). The first-order valence-electron chi connectivity index (χ1n) is 4.48. The predicted molar refractivity (Wildman–Crippen MR) is 55.2 cm³/mol. The summed E-state index contributed by atoms with van der Waals surface area (Å²) >= 11 is 0. The van der Waals surface area contributed by atoms with Crippen LogP contribution in [0.4, 0.5) is 0 Å². The third-order valence-corrected chi connectivity index (χ3v) is 2.48. The Bertz CT molecular complexity index is 283. The van der Waals surface area contributed by atoms with E-state index in [2.05, 4.69) is 20.8 Å². The number of hydrogen-bond acceptors (Lipinski definition) is 2. The Morgan fingerprint density at radius 2 is 2.31 bits per heavy atom. The summed E-state index contributed by atoms with van der Waals surface area (Å²) in [6.07, 6.45) is 3.71. The molecule has 0 aliphatic heterocycles. The minimum atomic E-state index is 0.0484. The normalized spacial score (nSPS) is 13.4. The van der Waals surface area contributed by atoms with E-state index in [1.165, 1.54) is 5.57 Å². The first-order chi connectivity index (χ1) is 6.06. The van der Waals surface area contributed by atoms with E-state index in [9.17, 15) is 0 Å². The molecular formula is C11H17NO. The van der Waals surface area contributed by atoms with Gasteiger partial charge in [-0.25, -0.2) is 0 Å². The summed E-state index contributed by atoms with van der Waals surface area (Å²) < 4.78 is 5.23. The molecule has 0 atom stereocenters. The zero-order chi connectivity index (χ0) is 9.90. The minimum absolute atomic E-state index is 0.0484. The van der Waals surface area contributed by atoms with Gasteiger partial charge in [0.25, 0.3) is 0 Å². The lowest BCUT2D eigenvalue weighted by Gasteiger charge is -2.23. The molecule has 0 fully saturated rings. The van der Waals surface area contributed by atoms with E-state index < -0.39 is 0 Å². The highest BCUT2D eigenvalue weighted by atomic mass is 16.3. The maximum atomic E-state index is 5.66. The van der Waals surface area contributed by atoms with Crippen LogP contribution in [0, 0.1) is 5.41 Å². The Kier molecular flexibility index (Phi) is 2.94. The summed E-state index contributed by atoms with van der Waals surface area (Å²) in [5, 5.41) is 0. The van der Waals surface area contributed by atoms with Crippen molar-refractivity contribution in [1.29, 1.82) is 0 Å². The maximum absolute atomic E-state index is 5.66. The van der Waals surface area contributed by atoms with Gasteiger partial charge in [0.2, 0.25) is 0 Å².